The molecular formula is C24H34O4SSi. The molecule has 0 saturated carbocycles. The van der Waals surface area contributed by atoms with Crippen LogP contribution in [-0.2, 0) is 18.7 Å². The topological polar surface area (TPSA) is 52.6 Å². The molecule has 0 amide bonds. The minimum Gasteiger partial charge on any atom is -0.403 e. The first-order chi connectivity index (χ1) is 14.0. The SMILES string of the molecule is C/C(=C\C[C@@H](C)OS(C)(=O)=O)CO[Si](c1ccccc1)(c1ccccc1)C(C)(C)C. The lowest BCUT2D eigenvalue weighted by Crippen LogP contribution is -2.66. The lowest BCUT2D eigenvalue weighted by atomic mass is 10.2. The molecule has 0 heterocycles. The molecule has 2 rings (SSSR count). The zero-order chi connectivity index (χ0) is 22.4. The summed E-state index contributed by atoms with van der Waals surface area (Å²) < 4.78 is 34.5. The molecule has 2 aromatic rings. The van der Waals surface area contributed by atoms with Crippen LogP contribution in [0.1, 0.15) is 41.0 Å². The fourth-order valence-electron chi connectivity index (χ4n) is 3.75. The Labute approximate surface area is 183 Å². The molecule has 164 valence electrons. The van der Waals surface area contributed by atoms with E-state index in [2.05, 4.69) is 69.3 Å². The van der Waals surface area contributed by atoms with E-state index in [0.29, 0.717) is 13.0 Å². The van der Waals surface area contributed by atoms with Crippen molar-refractivity contribution in [2.45, 2.75) is 52.2 Å². The maximum Gasteiger partial charge on any atom is 0.264 e. The number of benzene rings is 2. The molecule has 1 atom stereocenters. The van der Waals surface area contributed by atoms with Crippen LogP contribution in [0.5, 0.6) is 0 Å². The van der Waals surface area contributed by atoms with Crippen molar-refractivity contribution in [2.24, 2.45) is 0 Å². The predicted octanol–water partition coefficient (Wildman–Crippen LogP) is 4.26. The molecule has 0 aliphatic carbocycles. The quantitative estimate of drug-likeness (QED) is 0.328. The third-order valence-electron chi connectivity index (χ3n) is 5.07. The molecule has 6 heteroatoms. The first kappa shape index (κ1) is 24.5. The maximum absolute atomic E-state index is 11.3. The van der Waals surface area contributed by atoms with Gasteiger partial charge in [0.1, 0.15) is 0 Å². The third kappa shape index (κ3) is 6.38. The van der Waals surface area contributed by atoms with Gasteiger partial charge in [0.05, 0.1) is 19.0 Å². The van der Waals surface area contributed by atoms with E-state index in [1.165, 1.54) is 10.4 Å². The van der Waals surface area contributed by atoms with Gasteiger partial charge in [0, 0.05) is 0 Å². The normalized spacial score (nSPS) is 14.5. The Morgan fingerprint density at radius 3 is 1.87 bits per heavy atom. The van der Waals surface area contributed by atoms with Crippen LogP contribution in [-0.4, -0.2) is 35.7 Å². The van der Waals surface area contributed by atoms with Gasteiger partial charge in [-0.15, -0.1) is 0 Å². The van der Waals surface area contributed by atoms with E-state index in [1.54, 1.807) is 6.92 Å². The average molecular weight is 447 g/mol. The van der Waals surface area contributed by atoms with Gasteiger partial charge in [0.25, 0.3) is 18.4 Å². The van der Waals surface area contributed by atoms with Gasteiger partial charge in [-0.05, 0) is 35.7 Å². The van der Waals surface area contributed by atoms with Gasteiger partial charge in [-0.1, -0.05) is 93.1 Å². The molecule has 0 radical (unpaired) electrons. The molecule has 2 aromatic carbocycles. The average Bonchev–Trinajstić information content (AvgIpc) is 2.66. The van der Waals surface area contributed by atoms with Crippen molar-refractivity contribution in [1.29, 1.82) is 0 Å². The summed E-state index contributed by atoms with van der Waals surface area (Å²) in [5.41, 5.74) is 1.06. The molecule has 0 aliphatic heterocycles. The Balaban J connectivity index is 2.34. The molecule has 0 aromatic heterocycles. The minimum absolute atomic E-state index is 0.0807. The largest absolute Gasteiger partial charge is 0.403 e. The molecule has 4 nitrogen and oxygen atoms in total. The van der Waals surface area contributed by atoms with E-state index in [1.807, 2.05) is 25.1 Å². The van der Waals surface area contributed by atoms with Crippen molar-refractivity contribution in [1.82, 2.24) is 0 Å². The van der Waals surface area contributed by atoms with Crippen molar-refractivity contribution in [3.63, 3.8) is 0 Å². The Hall–Kier alpha value is -1.73. The van der Waals surface area contributed by atoms with E-state index in [-0.39, 0.29) is 5.04 Å². The first-order valence-corrected chi connectivity index (χ1v) is 14.0. The van der Waals surface area contributed by atoms with Crippen LogP contribution < -0.4 is 10.4 Å². The van der Waals surface area contributed by atoms with Crippen LogP contribution in [0, 0.1) is 0 Å². The van der Waals surface area contributed by atoms with E-state index >= 15 is 0 Å². The second-order valence-electron chi connectivity index (χ2n) is 8.85. The summed E-state index contributed by atoms with van der Waals surface area (Å²) in [7, 11) is -6.03. The summed E-state index contributed by atoms with van der Waals surface area (Å²) in [6.45, 7) is 11.0. The van der Waals surface area contributed by atoms with E-state index in [0.717, 1.165) is 11.8 Å². The maximum atomic E-state index is 11.3. The van der Waals surface area contributed by atoms with Gasteiger partial charge in [0.2, 0.25) is 0 Å². The Bertz CT molecular complexity index is 893. The molecule has 0 aliphatic rings. The van der Waals surface area contributed by atoms with Crippen molar-refractivity contribution >= 4 is 28.8 Å². The highest BCUT2D eigenvalue weighted by Crippen LogP contribution is 2.37. The molecule has 0 N–H and O–H groups in total. The number of rotatable bonds is 9. The Morgan fingerprint density at radius 2 is 1.47 bits per heavy atom. The van der Waals surface area contributed by atoms with Crippen LogP contribution >= 0.6 is 0 Å². The van der Waals surface area contributed by atoms with Crippen LogP contribution in [0.2, 0.25) is 5.04 Å². The standard InChI is InChI=1S/C24H34O4SSi/c1-20(17-18-21(2)28-29(6,25)26)19-27-30(24(3,4)5,22-13-9-7-10-14-22)23-15-11-8-12-16-23/h7-17,21H,18-19H2,1-6H3/b20-17+/t21-/m1/s1. The first-order valence-electron chi connectivity index (χ1n) is 10.2. The Kier molecular flexibility index (Phi) is 8.22. The second-order valence-corrected chi connectivity index (χ2v) is 14.8. The molecule has 0 fully saturated rings. The fraction of sp³-hybridized carbons (Fsp3) is 0.417. The predicted molar refractivity (Wildman–Crippen MR) is 127 cm³/mol. The highest BCUT2D eigenvalue weighted by molar-refractivity contribution is 7.86. The van der Waals surface area contributed by atoms with Gasteiger partial charge in [0.15, 0.2) is 0 Å². The van der Waals surface area contributed by atoms with Crippen molar-refractivity contribution in [2.75, 3.05) is 12.9 Å². The highest BCUT2D eigenvalue weighted by atomic mass is 32.2. The van der Waals surface area contributed by atoms with Gasteiger partial charge < -0.3 is 4.43 Å². The van der Waals surface area contributed by atoms with Gasteiger partial charge >= 0.3 is 0 Å². The van der Waals surface area contributed by atoms with E-state index in [4.69, 9.17) is 8.61 Å². The summed E-state index contributed by atoms with van der Waals surface area (Å²) in [5, 5.41) is 2.40. The van der Waals surface area contributed by atoms with Crippen molar-refractivity contribution in [3.05, 3.63) is 72.3 Å². The zero-order valence-corrected chi connectivity index (χ0v) is 20.7. The zero-order valence-electron chi connectivity index (χ0n) is 18.9. The second kappa shape index (κ2) is 10.0. The molecule has 0 saturated heterocycles. The molecule has 0 unspecified atom stereocenters. The minimum atomic E-state index is -3.45. The Morgan fingerprint density at radius 1 is 1.00 bits per heavy atom. The van der Waals surface area contributed by atoms with E-state index < -0.39 is 24.5 Å². The molecule has 0 bridgehead atoms. The highest BCUT2D eigenvalue weighted by Gasteiger charge is 2.50. The summed E-state index contributed by atoms with van der Waals surface area (Å²) in [5.74, 6) is 0. The molecule has 0 spiro atoms. The molecule has 30 heavy (non-hydrogen) atoms. The summed E-state index contributed by atoms with van der Waals surface area (Å²) in [6.07, 6.45) is 3.20. The van der Waals surface area contributed by atoms with Crippen LogP contribution in [0.4, 0.5) is 0 Å². The summed E-state index contributed by atoms with van der Waals surface area (Å²) >= 11 is 0. The van der Waals surface area contributed by atoms with Gasteiger partial charge in [-0.25, -0.2) is 0 Å². The number of hydrogen-bond acceptors (Lipinski definition) is 4. The van der Waals surface area contributed by atoms with Crippen molar-refractivity contribution in [3.8, 4) is 0 Å². The lowest BCUT2D eigenvalue weighted by Gasteiger charge is -2.43. The fourth-order valence-corrected chi connectivity index (χ4v) is 9.02. The monoisotopic (exact) mass is 446 g/mol. The molecular weight excluding hydrogens is 412 g/mol. The van der Waals surface area contributed by atoms with Crippen LogP contribution in [0.25, 0.3) is 0 Å². The summed E-state index contributed by atoms with van der Waals surface area (Å²) in [4.78, 5) is 0. The van der Waals surface area contributed by atoms with Gasteiger partial charge in [-0.3, -0.25) is 4.18 Å². The summed E-state index contributed by atoms with van der Waals surface area (Å²) in [6, 6.07) is 21.0. The van der Waals surface area contributed by atoms with Crippen molar-refractivity contribution < 1.29 is 17.0 Å². The van der Waals surface area contributed by atoms with Crippen LogP contribution in [0.15, 0.2) is 72.3 Å². The van der Waals surface area contributed by atoms with E-state index in [9.17, 15) is 8.42 Å². The lowest BCUT2D eigenvalue weighted by molar-refractivity contribution is 0.234. The van der Waals surface area contributed by atoms with Crippen LogP contribution in [0.3, 0.4) is 0 Å². The smallest absolute Gasteiger partial charge is 0.264 e. The van der Waals surface area contributed by atoms with Gasteiger partial charge in [-0.2, -0.15) is 8.42 Å². The third-order valence-corrected chi connectivity index (χ3v) is 10.7. The number of hydrogen-bond donors (Lipinski definition) is 0.